The van der Waals surface area contributed by atoms with Crippen LogP contribution in [0.2, 0.25) is 0 Å². The largest absolute Gasteiger partial charge is 0.481 e. The number of hydrogen-bond donors (Lipinski definition) is 2. The van der Waals surface area contributed by atoms with E-state index in [0.717, 1.165) is 12.8 Å². The molecule has 1 fully saturated rings. The highest BCUT2D eigenvalue weighted by molar-refractivity contribution is 5.76. The Balaban J connectivity index is 2.46. The minimum atomic E-state index is -0.860. The van der Waals surface area contributed by atoms with Crippen molar-refractivity contribution in [3.05, 3.63) is 0 Å². The molecule has 0 heterocycles. The fourth-order valence-corrected chi connectivity index (χ4v) is 1.66. The Labute approximate surface area is 115 Å². The molecule has 110 valence electrons. The van der Waals surface area contributed by atoms with Gasteiger partial charge in [0.1, 0.15) is 0 Å². The van der Waals surface area contributed by atoms with E-state index < -0.39 is 5.97 Å². The summed E-state index contributed by atoms with van der Waals surface area (Å²) < 4.78 is 0. The molecule has 1 aliphatic rings. The molecule has 0 atom stereocenters. The summed E-state index contributed by atoms with van der Waals surface area (Å²) in [6.45, 7) is 9.42. The first-order valence-corrected chi connectivity index (χ1v) is 7.00. The van der Waals surface area contributed by atoms with Crippen molar-refractivity contribution < 1.29 is 14.7 Å². The summed E-state index contributed by atoms with van der Waals surface area (Å²) in [5, 5.41) is 11.7. The van der Waals surface area contributed by atoms with Crippen LogP contribution in [-0.2, 0) is 4.79 Å². The summed E-state index contributed by atoms with van der Waals surface area (Å²) in [7, 11) is 0. The van der Waals surface area contributed by atoms with E-state index in [9.17, 15) is 9.59 Å². The van der Waals surface area contributed by atoms with Crippen molar-refractivity contribution in [2.24, 2.45) is 11.3 Å². The van der Waals surface area contributed by atoms with Gasteiger partial charge in [-0.25, -0.2) is 4.79 Å². The van der Waals surface area contributed by atoms with Crippen molar-refractivity contribution in [1.29, 1.82) is 0 Å². The molecule has 19 heavy (non-hydrogen) atoms. The molecule has 0 spiro atoms. The molecular weight excluding hydrogens is 244 g/mol. The summed E-state index contributed by atoms with van der Waals surface area (Å²) in [5.74, 6) is -0.387. The molecule has 0 saturated heterocycles. The maximum atomic E-state index is 12.1. The van der Waals surface area contributed by atoms with Crippen LogP contribution >= 0.6 is 0 Å². The Morgan fingerprint density at radius 1 is 1.37 bits per heavy atom. The number of nitrogens with zero attached hydrogens (tertiary/aromatic N) is 1. The Kier molecular flexibility index (Phi) is 5.20. The lowest BCUT2D eigenvalue weighted by Gasteiger charge is -2.31. The van der Waals surface area contributed by atoms with Crippen LogP contribution in [-0.4, -0.2) is 41.1 Å². The van der Waals surface area contributed by atoms with E-state index in [0.29, 0.717) is 19.0 Å². The van der Waals surface area contributed by atoms with Crippen LogP contribution in [0.5, 0.6) is 0 Å². The summed E-state index contributed by atoms with van der Waals surface area (Å²) in [6, 6.07) is 0.110. The van der Waals surface area contributed by atoms with Crippen LogP contribution < -0.4 is 5.32 Å². The van der Waals surface area contributed by atoms with Gasteiger partial charge in [0.2, 0.25) is 0 Å². The first kappa shape index (κ1) is 15.8. The first-order chi connectivity index (χ1) is 8.74. The number of rotatable bonds is 7. The zero-order chi connectivity index (χ0) is 14.6. The lowest BCUT2D eigenvalue weighted by molar-refractivity contribution is -0.137. The van der Waals surface area contributed by atoms with E-state index in [1.54, 1.807) is 4.90 Å². The van der Waals surface area contributed by atoms with Crippen LogP contribution in [0.3, 0.4) is 0 Å². The smallest absolute Gasteiger partial charge is 0.317 e. The summed E-state index contributed by atoms with van der Waals surface area (Å²) in [4.78, 5) is 24.4. The van der Waals surface area contributed by atoms with Crippen LogP contribution in [0.4, 0.5) is 4.79 Å². The lowest BCUT2D eigenvalue weighted by atomic mass is 9.81. The second-order valence-corrected chi connectivity index (χ2v) is 6.37. The molecule has 0 aliphatic heterocycles. The highest BCUT2D eigenvalue weighted by atomic mass is 16.4. The van der Waals surface area contributed by atoms with Gasteiger partial charge in [-0.15, -0.1) is 0 Å². The number of carboxylic acid groups (broad SMARTS) is 1. The molecule has 0 aromatic carbocycles. The Morgan fingerprint density at radius 3 is 2.37 bits per heavy atom. The van der Waals surface area contributed by atoms with Crippen molar-refractivity contribution >= 4 is 12.0 Å². The quantitative estimate of drug-likeness (QED) is 0.746. The first-order valence-electron chi connectivity index (χ1n) is 7.00. The average Bonchev–Trinajstić information content (AvgIpc) is 3.10. The molecule has 1 saturated carbocycles. The molecule has 5 nitrogen and oxygen atoms in total. The number of carboxylic acids is 1. The molecule has 2 amide bonds. The molecule has 0 aromatic rings. The van der Waals surface area contributed by atoms with Crippen LogP contribution in [0.25, 0.3) is 0 Å². The monoisotopic (exact) mass is 270 g/mol. The summed E-state index contributed by atoms with van der Waals surface area (Å²) in [6.07, 6.45) is 1.98. The fourth-order valence-electron chi connectivity index (χ4n) is 1.66. The molecule has 1 aliphatic carbocycles. The minimum Gasteiger partial charge on any atom is -0.481 e. The van der Waals surface area contributed by atoms with Gasteiger partial charge in [0.15, 0.2) is 0 Å². The van der Waals surface area contributed by atoms with E-state index in [1.807, 2.05) is 0 Å². The zero-order valence-electron chi connectivity index (χ0n) is 12.4. The SMILES string of the molecule is CC(C)C(C)(C)CNC(=O)N(CCC(=O)O)C1CC1. The van der Waals surface area contributed by atoms with E-state index in [1.165, 1.54) is 0 Å². The number of carbonyl (C=O) groups is 2. The van der Waals surface area contributed by atoms with Crippen LogP contribution in [0, 0.1) is 11.3 Å². The second kappa shape index (κ2) is 6.26. The number of carbonyl (C=O) groups excluding carboxylic acids is 1. The van der Waals surface area contributed by atoms with Gasteiger partial charge in [-0.05, 0) is 24.2 Å². The standard InChI is InChI=1S/C14H26N2O3/c1-10(2)14(3,4)9-15-13(19)16(11-5-6-11)8-7-12(17)18/h10-11H,5-9H2,1-4H3,(H,15,19)(H,17,18). The number of aliphatic carboxylic acids is 1. The van der Waals surface area contributed by atoms with Gasteiger partial charge in [0, 0.05) is 19.1 Å². The second-order valence-electron chi connectivity index (χ2n) is 6.37. The molecular formula is C14H26N2O3. The molecule has 0 bridgehead atoms. The van der Waals surface area contributed by atoms with E-state index in [2.05, 4.69) is 33.0 Å². The summed E-state index contributed by atoms with van der Waals surface area (Å²) >= 11 is 0. The van der Waals surface area contributed by atoms with Crippen molar-refractivity contribution in [2.45, 2.75) is 53.0 Å². The maximum absolute atomic E-state index is 12.1. The predicted octanol–water partition coefficient (Wildman–Crippen LogP) is 2.32. The highest BCUT2D eigenvalue weighted by Gasteiger charge is 2.33. The third-order valence-corrected chi connectivity index (χ3v) is 4.07. The van der Waals surface area contributed by atoms with E-state index >= 15 is 0 Å². The average molecular weight is 270 g/mol. The normalized spacial score (nSPS) is 15.4. The third kappa shape index (κ3) is 5.09. The van der Waals surface area contributed by atoms with Gasteiger partial charge in [-0.3, -0.25) is 4.79 Å². The van der Waals surface area contributed by atoms with Crippen LogP contribution in [0.15, 0.2) is 0 Å². The molecule has 0 radical (unpaired) electrons. The van der Waals surface area contributed by atoms with Crippen molar-refractivity contribution in [2.75, 3.05) is 13.1 Å². The number of hydrogen-bond acceptors (Lipinski definition) is 2. The Hall–Kier alpha value is -1.26. The van der Waals surface area contributed by atoms with Gasteiger partial charge in [0.05, 0.1) is 6.42 Å². The van der Waals surface area contributed by atoms with Gasteiger partial charge >= 0.3 is 12.0 Å². The fraction of sp³-hybridized carbons (Fsp3) is 0.857. The maximum Gasteiger partial charge on any atom is 0.317 e. The molecule has 0 unspecified atom stereocenters. The Morgan fingerprint density at radius 2 is 1.95 bits per heavy atom. The van der Waals surface area contributed by atoms with Crippen molar-refractivity contribution in [3.8, 4) is 0 Å². The van der Waals surface area contributed by atoms with E-state index in [-0.39, 0.29) is 23.9 Å². The van der Waals surface area contributed by atoms with Gasteiger partial charge in [-0.1, -0.05) is 27.7 Å². The third-order valence-electron chi connectivity index (χ3n) is 4.07. The van der Waals surface area contributed by atoms with Gasteiger partial charge in [0.25, 0.3) is 0 Å². The van der Waals surface area contributed by atoms with Crippen LogP contribution in [0.1, 0.15) is 47.0 Å². The van der Waals surface area contributed by atoms with Gasteiger partial charge in [-0.2, -0.15) is 0 Å². The topological polar surface area (TPSA) is 69.6 Å². The lowest BCUT2D eigenvalue weighted by Crippen LogP contribution is -2.46. The number of amides is 2. The molecule has 0 aromatic heterocycles. The van der Waals surface area contributed by atoms with Crippen molar-refractivity contribution in [3.63, 3.8) is 0 Å². The molecule has 1 rings (SSSR count). The molecule has 5 heteroatoms. The predicted molar refractivity (Wildman–Crippen MR) is 74.0 cm³/mol. The Bertz CT molecular complexity index is 336. The van der Waals surface area contributed by atoms with Gasteiger partial charge < -0.3 is 15.3 Å². The summed E-state index contributed by atoms with van der Waals surface area (Å²) in [5.41, 5.74) is 0.0394. The van der Waals surface area contributed by atoms with Crippen molar-refractivity contribution in [1.82, 2.24) is 10.2 Å². The highest BCUT2D eigenvalue weighted by Crippen LogP contribution is 2.28. The molecule has 2 N–H and O–H groups in total. The zero-order valence-corrected chi connectivity index (χ0v) is 12.4. The number of urea groups is 1. The number of nitrogens with one attached hydrogen (secondary N) is 1. The van der Waals surface area contributed by atoms with E-state index in [4.69, 9.17) is 5.11 Å². The minimum absolute atomic E-state index is 0.0114.